The standard InChI is InChI=1S/C11H16N2O/c12-13-11(9-6-7-9)8-14-10-4-2-1-3-5-10/h1-5,9,11,13H,6-8,12H2. The molecule has 1 atom stereocenters. The molecule has 1 fully saturated rings. The average molecular weight is 192 g/mol. The number of hydrazine groups is 1. The first-order valence-electron chi connectivity index (χ1n) is 5.04. The Kier molecular flexibility index (Phi) is 3.01. The Morgan fingerprint density at radius 1 is 1.36 bits per heavy atom. The predicted octanol–water partition coefficient (Wildman–Crippen LogP) is 1.31. The lowest BCUT2D eigenvalue weighted by atomic mass is 10.2. The lowest BCUT2D eigenvalue weighted by Gasteiger charge is -2.15. The van der Waals surface area contributed by atoms with Crippen molar-refractivity contribution in [2.24, 2.45) is 11.8 Å². The summed E-state index contributed by atoms with van der Waals surface area (Å²) in [6.45, 7) is 0.658. The van der Waals surface area contributed by atoms with E-state index < -0.39 is 0 Å². The lowest BCUT2D eigenvalue weighted by molar-refractivity contribution is 0.250. The van der Waals surface area contributed by atoms with Crippen molar-refractivity contribution in [3.8, 4) is 5.75 Å². The minimum atomic E-state index is 0.301. The quantitative estimate of drug-likeness (QED) is 0.546. The topological polar surface area (TPSA) is 47.3 Å². The molecule has 0 heterocycles. The fraction of sp³-hybridized carbons (Fsp3) is 0.455. The van der Waals surface area contributed by atoms with E-state index in [0.29, 0.717) is 18.6 Å². The highest BCUT2D eigenvalue weighted by Gasteiger charge is 2.30. The van der Waals surface area contributed by atoms with Crippen LogP contribution in [0.15, 0.2) is 30.3 Å². The molecular weight excluding hydrogens is 176 g/mol. The second kappa shape index (κ2) is 4.44. The fourth-order valence-electron chi connectivity index (χ4n) is 1.52. The van der Waals surface area contributed by atoms with Crippen molar-refractivity contribution in [3.63, 3.8) is 0 Å². The minimum absolute atomic E-state index is 0.301. The maximum atomic E-state index is 5.62. The molecule has 0 spiro atoms. The van der Waals surface area contributed by atoms with E-state index >= 15 is 0 Å². The highest BCUT2D eigenvalue weighted by molar-refractivity contribution is 5.21. The van der Waals surface area contributed by atoms with Gasteiger partial charge < -0.3 is 4.74 Å². The molecule has 0 aromatic heterocycles. The van der Waals surface area contributed by atoms with Crippen molar-refractivity contribution >= 4 is 0 Å². The normalized spacial score (nSPS) is 17.8. The smallest absolute Gasteiger partial charge is 0.119 e. The SMILES string of the molecule is NNC(COc1ccccc1)C1CC1. The van der Waals surface area contributed by atoms with Gasteiger partial charge in [0.1, 0.15) is 12.4 Å². The molecule has 1 aliphatic rings. The summed E-state index contributed by atoms with van der Waals surface area (Å²) >= 11 is 0. The van der Waals surface area contributed by atoms with Crippen molar-refractivity contribution in [3.05, 3.63) is 30.3 Å². The number of nitrogens with two attached hydrogens (primary N) is 1. The summed E-state index contributed by atoms with van der Waals surface area (Å²) in [4.78, 5) is 0. The van der Waals surface area contributed by atoms with Crippen LogP contribution in [0.1, 0.15) is 12.8 Å². The molecule has 14 heavy (non-hydrogen) atoms. The Morgan fingerprint density at radius 2 is 2.07 bits per heavy atom. The van der Waals surface area contributed by atoms with Crippen molar-refractivity contribution in [1.29, 1.82) is 0 Å². The van der Waals surface area contributed by atoms with Gasteiger partial charge in [0.15, 0.2) is 0 Å². The van der Waals surface area contributed by atoms with Crippen LogP contribution in [-0.4, -0.2) is 12.6 Å². The number of benzene rings is 1. The third kappa shape index (κ3) is 2.47. The van der Waals surface area contributed by atoms with Crippen molar-refractivity contribution in [1.82, 2.24) is 5.43 Å². The highest BCUT2D eigenvalue weighted by Crippen LogP contribution is 2.32. The van der Waals surface area contributed by atoms with E-state index in [2.05, 4.69) is 5.43 Å². The van der Waals surface area contributed by atoms with Crippen LogP contribution >= 0.6 is 0 Å². The van der Waals surface area contributed by atoms with E-state index in [-0.39, 0.29) is 0 Å². The van der Waals surface area contributed by atoms with Gasteiger partial charge in [-0.1, -0.05) is 18.2 Å². The minimum Gasteiger partial charge on any atom is -0.492 e. The average Bonchev–Trinajstić information content (AvgIpc) is 3.05. The molecule has 1 aliphatic carbocycles. The van der Waals surface area contributed by atoms with E-state index in [4.69, 9.17) is 10.6 Å². The second-order valence-electron chi connectivity index (χ2n) is 3.73. The molecular formula is C11H16N2O. The fourth-order valence-corrected chi connectivity index (χ4v) is 1.52. The zero-order valence-corrected chi connectivity index (χ0v) is 8.15. The van der Waals surface area contributed by atoms with E-state index in [9.17, 15) is 0 Å². The van der Waals surface area contributed by atoms with Gasteiger partial charge in [-0.25, -0.2) is 0 Å². The summed E-state index contributed by atoms with van der Waals surface area (Å²) in [6.07, 6.45) is 2.54. The number of hydrogen-bond acceptors (Lipinski definition) is 3. The van der Waals surface area contributed by atoms with E-state index in [0.717, 1.165) is 5.75 Å². The van der Waals surface area contributed by atoms with E-state index in [1.54, 1.807) is 0 Å². The van der Waals surface area contributed by atoms with Crippen molar-refractivity contribution in [2.45, 2.75) is 18.9 Å². The molecule has 0 saturated heterocycles. The van der Waals surface area contributed by atoms with Gasteiger partial charge in [-0.2, -0.15) is 0 Å². The Balaban J connectivity index is 1.81. The molecule has 1 aromatic carbocycles. The molecule has 76 valence electrons. The molecule has 1 aromatic rings. The summed E-state index contributed by atoms with van der Waals surface area (Å²) < 4.78 is 5.62. The van der Waals surface area contributed by atoms with Crippen LogP contribution in [-0.2, 0) is 0 Å². The molecule has 2 rings (SSSR count). The molecule has 1 saturated carbocycles. The number of hydrogen-bond donors (Lipinski definition) is 2. The molecule has 3 heteroatoms. The third-order valence-electron chi connectivity index (χ3n) is 2.58. The van der Waals surface area contributed by atoms with E-state index in [1.807, 2.05) is 30.3 Å². The van der Waals surface area contributed by atoms with Crippen LogP contribution in [0.25, 0.3) is 0 Å². The number of ether oxygens (including phenoxy) is 1. The van der Waals surface area contributed by atoms with Crippen LogP contribution in [0.4, 0.5) is 0 Å². The summed E-state index contributed by atoms with van der Waals surface area (Å²) in [5.74, 6) is 7.07. The molecule has 0 aliphatic heterocycles. The van der Waals surface area contributed by atoms with Gasteiger partial charge >= 0.3 is 0 Å². The number of nitrogens with one attached hydrogen (secondary N) is 1. The maximum absolute atomic E-state index is 5.62. The van der Waals surface area contributed by atoms with Crippen LogP contribution in [0.3, 0.4) is 0 Å². The second-order valence-corrected chi connectivity index (χ2v) is 3.73. The molecule has 3 N–H and O–H groups in total. The lowest BCUT2D eigenvalue weighted by Crippen LogP contribution is -2.41. The van der Waals surface area contributed by atoms with Gasteiger partial charge in [-0.3, -0.25) is 11.3 Å². The number of rotatable bonds is 5. The van der Waals surface area contributed by atoms with Gasteiger partial charge in [0, 0.05) is 0 Å². The van der Waals surface area contributed by atoms with E-state index in [1.165, 1.54) is 12.8 Å². The predicted molar refractivity (Wildman–Crippen MR) is 55.8 cm³/mol. The largest absolute Gasteiger partial charge is 0.492 e. The first-order valence-corrected chi connectivity index (χ1v) is 5.04. The van der Waals surface area contributed by atoms with Crippen LogP contribution in [0, 0.1) is 5.92 Å². The van der Waals surface area contributed by atoms with Gasteiger partial charge in [-0.05, 0) is 30.9 Å². The molecule has 3 nitrogen and oxygen atoms in total. The van der Waals surface area contributed by atoms with Crippen LogP contribution < -0.4 is 16.0 Å². The van der Waals surface area contributed by atoms with Gasteiger partial charge in [-0.15, -0.1) is 0 Å². The third-order valence-corrected chi connectivity index (χ3v) is 2.58. The summed E-state index contributed by atoms with van der Waals surface area (Å²) in [7, 11) is 0. The Hall–Kier alpha value is -1.06. The van der Waals surface area contributed by atoms with Crippen molar-refractivity contribution < 1.29 is 4.74 Å². The zero-order valence-electron chi connectivity index (χ0n) is 8.15. The molecule has 0 amide bonds. The van der Waals surface area contributed by atoms with Gasteiger partial charge in [0.2, 0.25) is 0 Å². The summed E-state index contributed by atoms with van der Waals surface area (Å²) in [5.41, 5.74) is 2.81. The Morgan fingerprint density at radius 3 is 2.64 bits per heavy atom. The monoisotopic (exact) mass is 192 g/mol. The first kappa shape index (κ1) is 9.49. The summed E-state index contributed by atoms with van der Waals surface area (Å²) in [6, 6.07) is 10.1. The van der Waals surface area contributed by atoms with Crippen LogP contribution in [0.2, 0.25) is 0 Å². The van der Waals surface area contributed by atoms with Gasteiger partial charge in [0.05, 0.1) is 6.04 Å². The Bertz CT molecular complexity index is 272. The molecule has 1 unspecified atom stereocenters. The Labute approximate surface area is 84.2 Å². The van der Waals surface area contributed by atoms with Gasteiger partial charge in [0.25, 0.3) is 0 Å². The summed E-state index contributed by atoms with van der Waals surface area (Å²) in [5, 5.41) is 0. The number of para-hydroxylation sites is 1. The zero-order chi connectivity index (χ0) is 9.80. The molecule has 0 radical (unpaired) electrons. The highest BCUT2D eigenvalue weighted by atomic mass is 16.5. The maximum Gasteiger partial charge on any atom is 0.119 e. The van der Waals surface area contributed by atoms with Crippen LogP contribution in [0.5, 0.6) is 5.75 Å². The first-order chi connectivity index (χ1) is 6.90. The molecule has 0 bridgehead atoms. The van der Waals surface area contributed by atoms with Crippen molar-refractivity contribution in [2.75, 3.05) is 6.61 Å².